The van der Waals surface area contributed by atoms with Gasteiger partial charge in [-0.25, -0.2) is 4.39 Å². The van der Waals surface area contributed by atoms with E-state index in [2.05, 4.69) is 0 Å². The molecule has 0 saturated carbocycles. The van der Waals surface area contributed by atoms with Crippen LogP contribution in [0.3, 0.4) is 0 Å². The normalized spacial score (nSPS) is 14.9. The lowest BCUT2D eigenvalue weighted by Crippen LogP contribution is -2.50. The molecule has 0 spiro atoms. The van der Waals surface area contributed by atoms with Crippen LogP contribution in [-0.4, -0.2) is 47.8 Å². The third-order valence-electron chi connectivity index (χ3n) is 3.76. The zero-order valence-electron chi connectivity index (χ0n) is 12.2. The zero-order chi connectivity index (χ0) is 16.4. The number of amides is 2. The number of piperazine rings is 1. The number of furan rings is 1. The maximum Gasteiger partial charge on any atom is 0.289 e. The number of benzene rings is 1. The average Bonchev–Trinajstić information content (AvgIpc) is 3.08. The van der Waals surface area contributed by atoms with E-state index in [-0.39, 0.29) is 22.3 Å². The van der Waals surface area contributed by atoms with Crippen LogP contribution >= 0.6 is 11.6 Å². The van der Waals surface area contributed by atoms with Crippen LogP contribution in [0.4, 0.5) is 4.39 Å². The topological polar surface area (TPSA) is 53.8 Å². The van der Waals surface area contributed by atoms with Crippen molar-refractivity contribution in [1.82, 2.24) is 9.80 Å². The third kappa shape index (κ3) is 3.07. The molecule has 0 aliphatic carbocycles. The lowest BCUT2D eigenvalue weighted by molar-refractivity contribution is 0.0516. The minimum Gasteiger partial charge on any atom is -0.459 e. The highest BCUT2D eigenvalue weighted by molar-refractivity contribution is 6.33. The number of hydrogen-bond donors (Lipinski definition) is 0. The zero-order valence-corrected chi connectivity index (χ0v) is 12.9. The van der Waals surface area contributed by atoms with Gasteiger partial charge < -0.3 is 14.2 Å². The van der Waals surface area contributed by atoms with E-state index in [0.717, 1.165) is 0 Å². The Labute approximate surface area is 137 Å². The SMILES string of the molecule is O=C(c1ccco1)N1CCN(C(=O)c2c(F)cccc2Cl)CC1. The van der Waals surface area contributed by atoms with Gasteiger partial charge in [0.2, 0.25) is 0 Å². The Balaban J connectivity index is 1.67. The summed E-state index contributed by atoms with van der Waals surface area (Å²) >= 11 is 5.93. The number of halogens is 2. The van der Waals surface area contributed by atoms with Gasteiger partial charge in [-0.1, -0.05) is 17.7 Å². The molecule has 0 radical (unpaired) electrons. The van der Waals surface area contributed by atoms with Gasteiger partial charge in [-0.3, -0.25) is 9.59 Å². The molecule has 1 aliphatic rings. The standard InChI is InChI=1S/C16H14ClFN2O3/c17-11-3-1-4-12(18)14(11)16(22)20-8-6-19(7-9-20)15(21)13-5-2-10-23-13/h1-5,10H,6-9H2. The Bertz CT molecular complexity index is 705. The lowest BCUT2D eigenvalue weighted by Gasteiger charge is -2.34. The predicted molar refractivity (Wildman–Crippen MR) is 81.9 cm³/mol. The highest BCUT2D eigenvalue weighted by Gasteiger charge is 2.28. The summed E-state index contributed by atoms with van der Waals surface area (Å²) in [5.41, 5.74) is -0.125. The van der Waals surface area contributed by atoms with E-state index in [0.29, 0.717) is 26.2 Å². The van der Waals surface area contributed by atoms with E-state index in [1.165, 1.54) is 29.4 Å². The van der Waals surface area contributed by atoms with Crippen molar-refractivity contribution >= 4 is 23.4 Å². The summed E-state index contributed by atoms with van der Waals surface area (Å²) in [4.78, 5) is 27.7. The summed E-state index contributed by atoms with van der Waals surface area (Å²) < 4.78 is 18.9. The van der Waals surface area contributed by atoms with Gasteiger partial charge in [-0.15, -0.1) is 0 Å². The summed E-state index contributed by atoms with van der Waals surface area (Å²) in [6, 6.07) is 7.38. The molecule has 0 bridgehead atoms. The van der Waals surface area contributed by atoms with Gasteiger partial charge in [-0.2, -0.15) is 0 Å². The molecule has 120 valence electrons. The molecule has 7 heteroatoms. The van der Waals surface area contributed by atoms with Gasteiger partial charge in [0.15, 0.2) is 5.76 Å². The summed E-state index contributed by atoms with van der Waals surface area (Å²) in [6.07, 6.45) is 1.44. The third-order valence-corrected chi connectivity index (χ3v) is 4.08. The van der Waals surface area contributed by atoms with E-state index in [4.69, 9.17) is 16.0 Å². The fourth-order valence-electron chi connectivity index (χ4n) is 2.53. The number of nitrogens with zero attached hydrogens (tertiary/aromatic N) is 2. The molecule has 1 saturated heterocycles. The van der Waals surface area contributed by atoms with Crippen LogP contribution in [0, 0.1) is 5.82 Å². The molecule has 1 fully saturated rings. The first-order valence-electron chi connectivity index (χ1n) is 7.14. The summed E-state index contributed by atoms with van der Waals surface area (Å²) in [5, 5.41) is 0.0871. The van der Waals surface area contributed by atoms with Crippen molar-refractivity contribution in [2.24, 2.45) is 0 Å². The Kier molecular flexibility index (Phi) is 4.34. The predicted octanol–water partition coefficient (Wildman–Crippen LogP) is 2.67. The molecule has 2 heterocycles. The van der Waals surface area contributed by atoms with E-state index in [1.807, 2.05) is 0 Å². The second-order valence-corrected chi connectivity index (χ2v) is 5.57. The number of hydrogen-bond acceptors (Lipinski definition) is 3. The van der Waals surface area contributed by atoms with Crippen molar-refractivity contribution in [1.29, 1.82) is 0 Å². The van der Waals surface area contributed by atoms with Gasteiger partial charge in [-0.05, 0) is 24.3 Å². The van der Waals surface area contributed by atoms with Crippen molar-refractivity contribution in [2.75, 3.05) is 26.2 Å². The highest BCUT2D eigenvalue weighted by Crippen LogP contribution is 2.21. The molecule has 1 aliphatic heterocycles. The van der Waals surface area contributed by atoms with Crippen molar-refractivity contribution in [2.45, 2.75) is 0 Å². The lowest BCUT2D eigenvalue weighted by atomic mass is 10.1. The van der Waals surface area contributed by atoms with Crippen molar-refractivity contribution in [3.8, 4) is 0 Å². The number of carbonyl (C=O) groups excluding carboxylic acids is 2. The second-order valence-electron chi connectivity index (χ2n) is 5.16. The van der Waals surface area contributed by atoms with Gasteiger partial charge in [0.25, 0.3) is 11.8 Å². The first kappa shape index (κ1) is 15.6. The molecule has 2 amide bonds. The van der Waals surface area contributed by atoms with Crippen molar-refractivity contribution < 1.29 is 18.4 Å². The summed E-state index contributed by atoms with van der Waals surface area (Å²) in [7, 11) is 0. The Morgan fingerprint density at radius 1 is 1.00 bits per heavy atom. The van der Waals surface area contributed by atoms with Crippen LogP contribution in [0.1, 0.15) is 20.9 Å². The molecule has 1 aromatic heterocycles. The van der Waals surface area contributed by atoms with Gasteiger partial charge in [0.05, 0.1) is 16.8 Å². The first-order chi connectivity index (χ1) is 11.1. The Morgan fingerprint density at radius 3 is 2.22 bits per heavy atom. The van der Waals surface area contributed by atoms with Crippen LogP contribution in [-0.2, 0) is 0 Å². The summed E-state index contributed by atoms with van der Waals surface area (Å²) in [6.45, 7) is 1.35. The Hall–Kier alpha value is -2.34. The van der Waals surface area contributed by atoms with Crippen LogP contribution in [0.15, 0.2) is 41.0 Å². The van der Waals surface area contributed by atoms with Crippen molar-refractivity contribution in [3.63, 3.8) is 0 Å². The molecule has 0 unspecified atom stereocenters. The largest absolute Gasteiger partial charge is 0.459 e. The average molecular weight is 337 g/mol. The summed E-state index contributed by atoms with van der Waals surface area (Å²) in [5.74, 6) is -1.05. The van der Waals surface area contributed by atoms with E-state index in [1.54, 1.807) is 17.0 Å². The van der Waals surface area contributed by atoms with E-state index in [9.17, 15) is 14.0 Å². The van der Waals surface area contributed by atoms with Crippen LogP contribution in [0.2, 0.25) is 5.02 Å². The molecular formula is C16H14ClFN2O3. The molecule has 0 atom stereocenters. The fraction of sp³-hybridized carbons (Fsp3) is 0.250. The maximum absolute atomic E-state index is 13.8. The Morgan fingerprint density at radius 2 is 1.65 bits per heavy atom. The molecule has 1 aromatic carbocycles. The van der Waals surface area contributed by atoms with Crippen LogP contribution < -0.4 is 0 Å². The molecule has 3 rings (SSSR count). The van der Waals surface area contributed by atoms with Crippen molar-refractivity contribution in [3.05, 3.63) is 58.8 Å². The molecule has 23 heavy (non-hydrogen) atoms. The molecular weight excluding hydrogens is 323 g/mol. The second kappa shape index (κ2) is 6.42. The molecule has 0 N–H and O–H groups in total. The monoisotopic (exact) mass is 336 g/mol. The van der Waals surface area contributed by atoms with Crippen LogP contribution in [0.5, 0.6) is 0 Å². The highest BCUT2D eigenvalue weighted by atomic mass is 35.5. The number of carbonyl (C=O) groups is 2. The smallest absolute Gasteiger partial charge is 0.289 e. The minimum atomic E-state index is -0.642. The first-order valence-corrected chi connectivity index (χ1v) is 7.52. The number of rotatable bonds is 2. The maximum atomic E-state index is 13.8. The van der Waals surface area contributed by atoms with Gasteiger partial charge >= 0.3 is 0 Å². The quantitative estimate of drug-likeness (QED) is 0.847. The van der Waals surface area contributed by atoms with E-state index < -0.39 is 11.7 Å². The van der Waals surface area contributed by atoms with Gasteiger partial charge in [0, 0.05) is 26.2 Å². The molecule has 2 aromatic rings. The molecule has 5 nitrogen and oxygen atoms in total. The van der Waals surface area contributed by atoms with Crippen LogP contribution in [0.25, 0.3) is 0 Å². The fourth-order valence-corrected chi connectivity index (χ4v) is 2.77. The van der Waals surface area contributed by atoms with Gasteiger partial charge in [0.1, 0.15) is 5.82 Å². The minimum absolute atomic E-state index is 0.0871. The van der Waals surface area contributed by atoms with E-state index >= 15 is 0 Å².